The second-order valence-corrected chi connectivity index (χ2v) is 2.65. The summed E-state index contributed by atoms with van der Waals surface area (Å²) in [6.07, 6.45) is 2.17. The molecule has 0 atom stereocenters. The highest BCUT2D eigenvalue weighted by Crippen LogP contribution is 2.21. The summed E-state index contributed by atoms with van der Waals surface area (Å²) in [4.78, 5) is 10.5. The molecule has 0 aliphatic carbocycles. The molecule has 0 radical (unpaired) electrons. The molecule has 2 N–H and O–H groups in total. The van der Waals surface area contributed by atoms with Crippen molar-refractivity contribution in [2.75, 3.05) is 5.32 Å². The molecule has 0 bridgehead atoms. The minimum Gasteiger partial charge on any atom is -0.465 e. The van der Waals surface area contributed by atoms with Crippen LogP contribution < -0.4 is 5.32 Å². The molecule has 1 aromatic carbocycles. The maximum absolute atomic E-state index is 10.5. The minimum atomic E-state index is -1.09. The fraction of sp³-hybridized carbons (Fsp3) is 0. The van der Waals surface area contributed by atoms with E-state index in [9.17, 15) is 4.79 Å². The number of carboxylic acid groups (broad SMARTS) is 1. The van der Waals surface area contributed by atoms with Crippen LogP contribution in [0.5, 0.6) is 0 Å². The Morgan fingerprint density at radius 1 is 1.36 bits per heavy atom. The van der Waals surface area contributed by atoms with E-state index < -0.39 is 6.09 Å². The van der Waals surface area contributed by atoms with Gasteiger partial charge in [-0.25, -0.2) is 4.79 Å². The largest absolute Gasteiger partial charge is 0.465 e. The summed E-state index contributed by atoms with van der Waals surface area (Å²) in [6.45, 7) is 7.26. The first kappa shape index (κ1) is 10.1. The van der Waals surface area contributed by atoms with Crippen molar-refractivity contribution in [3.8, 4) is 0 Å². The van der Waals surface area contributed by atoms with Gasteiger partial charge in [0.25, 0.3) is 0 Å². The van der Waals surface area contributed by atoms with E-state index in [2.05, 4.69) is 18.5 Å². The van der Waals surface area contributed by atoms with Crippen molar-refractivity contribution in [3.05, 3.63) is 42.5 Å². The number of rotatable bonds is 3. The van der Waals surface area contributed by atoms with Gasteiger partial charge < -0.3 is 5.11 Å². The van der Waals surface area contributed by atoms with Crippen LogP contribution in [0.4, 0.5) is 10.5 Å². The third-order valence-corrected chi connectivity index (χ3v) is 1.81. The molecule has 3 nitrogen and oxygen atoms in total. The molecule has 3 heteroatoms. The lowest BCUT2D eigenvalue weighted by molar-refractivity contribution is 0.209. The number of hydrogen-bond donors (Lipinski definition) is 2. The van der Waals surface area contributed by atoms with Gasteiger partial charge in [-0.15, -0.1) is 0 Å². The second kappa shape index (κ2) is 4.28. The van der Waals surface area contributed by atoms with Crippen molar-refractivity contribution in [2.24, 2.45) is 0 Å². The molecular weight excluding hydrogens is 178 g/mol. The van der Waals surface area contributed by atoms with Crippen LogP contribution in [0.15, 0.2) is 31.4 Å². The molecule has 0 saturated heterocycles. The van der Waals surface area contributed by atoms with Gasteiger partial charge in [0.2, 0.25) is 0 Å². The normalized spacial score (nSPS) is 9.14. The smallest absolute Gasteiger partial charge is 0.409 e. The number of amides is 1. The van der Waals surface area contributed by atoms with Crippen molar-refractivity contribution >= 4 is 23.9 Å². The summed E-state index contributed by atoms with van der Waals surface area (Å²) in [5.41, 5.74) is 2.11. The lowest BCUT2D eigenvalue weighted by atomic mass is 10.1. The molecule has 0 aliphatic heterocycles. The number of nitrogens with one attached hydrogen (secondary N) is 1. The zero-order valence-electron chi connectivity index (χ0n) is 7.66. The van der Waals surface area contributed by atoms with Crippen LogP contribution in [-0.4, -0.2) is 11.2 Å². The summed E-state index contributed by atoms with van der Waals surface area (Å²) < 4.78 is 0. The highest BCUT2D eigenvalue weighted by atomic mass is 16.4. The summed E-state index contributed by atoms with van der Waals surface area (Å²) in [7, 11) is 0. The molecule has 14 heavy (non-hydrogen) atoms. The van der Waals surface area contributed by atoms with E-state index in [4.69, 9.17) is 5.11 Å². The Labute approximate surface area is 82.4 Å². The molecule has 0 heterocycles. The first-order valence-electron chi connectivity index (χ1n) is 4.07. The molecule has 0 spiro atoms. The predicted molar refractivity (Wildman–Crippen MR) is 58.3 cm³/mol. The van der Waals surface area contributed by atoms with Crippen molar-refractivity contribution < 1.29 is 9.90 Å². The standard InChI is InChI=1S/C11H11NO2/c1-3-8-6-5-7-10(9(8)4-2)12-11(13)14/h3-7,12H,1-2H2,(H,13,14). The van der Waals surface area contributed by atoms with Crippen LogP contribution in [0.1, 0.15) is 11.1 Å². The number of hydrogen-bond acceptors (Lipinski definition) is 1. The van der Waals surface area contributed by atoms with E-state index in [1.165, 1.54) is 0 Å². The van der Waals surface area contributed by atoms with Crippen LogP contribution in [0.2, 0.25) is 0 Å². The fourth-order valence-electron chi connectivity index (χ4n) is 1.21. The van der Waals surface area contributed by atoms with Crippen molar-refractivity contribution in [2.45, 2.75) is 0 Å². The molecule has 1 amide bonds. The Bertz CT molecular complexity index is 383. The van der Waals surface area contributed by atoms with Gasteiger partial charge >= 0.3 is 6.09 Å². The molecule has 0 aliphatic rings. The topological polar surface area (TPSA) is 49.3 Å². The number of benzene rings is 1. The van der Waals surface area contributed by atoms with E-state index in [1.54, 1.807) is 24.3 Å². The quantitative estimate of drug-likeness (QED) is 0.767. The van der Waals surface area contributed by atoms with E-state index >= 15 is 0 Å². The zero-order chi connectivity index (χ0) is 10.6. The van der Waals surface area contributed by atoms with Crippen LogP contribution in [0.25, 0.3) is 12.2 Å². The monoisotopic (exact) mass is 189 g/mol. The van der Waals surface area contributed by atoms with E-state index in [0.29, 0.717) is 5.69 Å². The minimum absolute atomic E-state index is 0.518. The Morgan fingerprint density at radius 2 is 2.07 bits per heavy atom. The van der Waals surface area contributed by atoms with Gasteiger partial charge in [-0.1, -0.05) is 37.4 Å². The summed E-state index contributed by atoms with van der Waals surface area (Å²) >= 11 is 0. The van der Waals surface area contributed by atoms with Crippen LogP contribution in [-0.2, 0) is 0 Å². The summed E-state index contributed by atoms with van der Waals surface area (Å²) in [5, 5.41) is 10.9. The van der Waals surface area contributed by atoms with E-state index in [0.717, 1.165) is 11.1 Å². The molecular formula is C11H11NO2. The third kappa shape index (κ3) is 2.01. The molecule has 1 rings (SSSR count). The van der Waals surface area contributed by atoms with E-state index in [1.807, 2.05) is 6.07 Å². The highest BCUT2D eigenvalue weighted by Gasteiger charge is 2.04. The number of carbonyl (C=O) groups is 1. The predicted octanol–water partition coefficient (Wildman–Crippen LogP) is 3.06. The molecule has 1 aromatic rings. The lowest BCUT2D eigenvalue weighted by Gasteiger charge is -2.08. The van der Waals surface area contributed by atoms with Crippen molar-refractivity contribution in [1.29, 1.82) is 0 Å². The van der Waals surface area contributed by atoms with Crippen LogP contribution >= 0.6 is 0 Å². The molecule has 0 fully saturated rings. The Morgan fingerprint density at radius 3 is 2.57 bits per heavy atom. The maximum Gasteiger partial charge on any atom is 0.409 e. The van der Waals surface area contributed by atoms with Gasteiger partial charge in [-0.05, 0) is 11.6 Å². The van der Waals surface area contributed by atoms with Crippen LogP contribution in [0, 0.1) is 0 Å². The maximum atomic E-state index is 10.5. The lowest BCUT2D eigenvalue weighted by Crippen LogP contribution is -2.08. The average molecular weight is 189 g/mol. The fourth-order valence-corrected chi connectivity index (χ4v) is 1.21. The van der Waals surface area contributed by atoms with Gasteiger partial charge in [0.05, 0.1) is 5.69 Å². The Balaban J connectivity index is 3.21. The number of anilines is 1. The third-order valence-electron chi connectivity index (χ3n) is 1.81. The summed E-state index contributed by atoms with van der Waals surface area (Å²) in [5.74, 6) is 0. The highest BCUT2D eigenvalue weighted by molar-refractivity contribution is 5.88. The molecule has 72 valence electrons. The summed E-state index contributed by atoms with van der Waals surface area (Å²) in [6, 6.07) is 5.28. The van der Waals surface area contributed by atoms with E-state index in [-0.39, 0.29) is 0 Å². The Hall–Kier alpha value is -2.03. The van der Waals surface area contributed by atoms with Gasteiger partial charge in [0, 0.05) is 5.56 Å². The second-order valence-electron chi connectivity index (χ2n) is 2.65. The van der Waals surface area contributed by atoms with Gasteiger partial charge in [0.15, 0.2) is 0 Å². The Kier molecular flexibility index (Phi) is 3.07. The van der Waals surface area contributed by atoms with Crippen molar-refractivity contribution in [3.63, 3.8) is 0 Å². The first-order valence-corrected chi connectivity index (χ1v) is 4.07. The van der Waals surface area contributed by atoms with Gasteiger partial charge in [-0.3, -0.25) is 5.32 Å². The first-order chi connectivity index (χ1) is 6.69. The molecule has 0 unspecified atom stereocenters. The van der Waals surface area contributed by atoms with Gasteiger partial charge in [-0.2, -0.15) is 0 Å². The zero-order valence-corrected chi connectivity index (χ0v) is 7.66. The molecule has 0 aromatic heterocycles. The van der Waals surface area contributed by atoms with Crippen LogP contribution in [0.3, 0.4) is 0 Å². The SMILES string of the molecule is C=Cc1cccc(NC(=O)O)c1C=C. The average Bonchev–Trinajstić information content (AvgIpc) is 2.16. The van der Waals surface area contributed by atoms with Crippen molar-refractivity contribution in [1.82, 2.24) is 0 Å². The van der Waals surface area contributed by atoms with Gasteiger partial charge in [0.1, 0.15) is 0 Å². The molecule has 0 saturated carbocycles.